The molecule has 0 aliphatic carbocycles. The van der Waals surface area contributed by atoms with Gasteiger partial charge in [-0.1, -0.05) is 0 Å². The summed E-state index contributed by atoms with van der Waals surface area (Å²) in [5.41, 5.74) is 5.12. The highest BCUT2D eigenvalue weighted by atomic mass is 19.4. The van der Waals surface area contributed by atoms with Crippen LogP contribution >= 0.6 is 0 Å². The van der Waals surface area contributed by atoms with Gasteiger partial charge in [0.05, 0.1) is 12.3 Å². The molecular weight excluding hydrogens is 209 g/mol. The Balaban J connectivity index is 2.34. The van der Waals surface area contributed by atoms with Crippen LogP contribution in [-0.4, -0.2) is 36.6 Å². The van der Waals surface area contributed by atoms with Crippen LogP contribution in [0.15, 0.2) is 0 Å². The monoisotopic (exact) mass is 224 g/mol. The standard InChI is InChI=1S/C9H15F3N2O/c10-9(11,12)3-5-14-4-1-2-7(6-14)8(13)15/h7H,1-6H2,(H2,13,15)/t7-/m1/s1. The molecule has 0 aromatic carbocycles. The molecule has 1 aliphatic rings. The van der Waals surface area contributed by atoms with Gasteiger partial charge >= 0.3 is 6.18 Å². The molecule has 88 valence electrons. The van der Waals surface area contributed by atoms with Crippen LogP contribution in [0.2, 0.25) is 0 Å². The van der Waals surface area contributed by atoms with Gasteiger partial charge in [0.1, 0.15) is 0 Å². The largest absolute Gasteiger partial charge is 0.390 e. The van der Waals surface area contributed by atoms with E-state index < -0.39 is 18.5 Å². The van der Waals surface area contributed by atoms with Crippen LogP contribution in [0, 0.1) is 5.92 Å². The van der Waals surface area contributed by atoms with E-state index in [0.29, 0.717) is 19.5 Å². The molecule has 2 N–H and O–H groups in total. The maximum atomic E-state index is 11.9. The lowest BCUT2D eigenvalue weighted by atomic mass is 9.97. The van der Waals surface area contributed by atoms with Gasteiger partial charge in [0.25, 0.3) is 0 Å². The summed E-state index contributed by atoms with van der Waals surface area (Å²) in [7, 11) is 0. The van der Waals surface area contributed by atoms with Crippen LogP contribution in [0.5, 0.6) is 0 Å². The minimum atomic E-state index is -4.13. The predicted octanol–water partition coefficient (Wildman–Crippen LogP) is 1.14. The van der Waals surface area contributed by atoms with Crippen molar-refractivity contribution in [2.75, 3.05) is 19.6 Å². The lowest BCUT2D eigenvalue weighted by molar-refractivity contribution is -0.139. The third kappa shape index (κ3) is 4.51. The number of alkyl halides is 3. The SMILES string of the molecule is NC(=O)[C@@H]1CCCN(CCC(F)(F)F)C1. The fourth-order valence-corrected chi connectivity index (χ4v) is 1.78. The number of amides is 1. The molecule has 0 radical (unpaired) electrons. The van der Waals surface area contributed by atoms with Crippen molar-refractivity contribution < 1.29 is 18.0 Å². The number of halogens is 3. The van der Waals surface area contributed by atoms with Crippen LogP contribution in [0.25, 0.3) is 0 Å². The Morgan fingerprint density at radius 3 is 2.67 bits per heavy atom. The van der Waals surface area contributed by atoms with Gasteiger partial charge in [-0.3, -0.25) is 4.79 Å². The van der Waals surface area contributed by atoms with E-state index in [9.17, 15) is 18.0 Å². The highest BCUT2D eigenvalue weighted by Crippen LogP contribution is 2.22. The van der Waals surface area contributed by atoms with Crippen molar-refractivity contribution in [3.63, 3.8) is 0 Å². The van der Waals surface area contributed by atoms with E-state index in [1.165, 1.54) is 0 Å². The lowest BCUT2D eigenvalue weighted by Crippen LogP contribution is -2.42. The second-order valence-electron chi connectivity index (χ2n) is 3.91. The maximum absolute atomic E-state index is 11.9. The van der Waals surface area contributed by atoms with Crippen molar-refractivity contribution in [1.29, 1.82) is 0 Å². The minimum Gasteiger partial charge on any atom is -0.369 e. The Morgan fingerprint density at radius 1 is 1.47 bits per heavy atom. The average Bonchev–Trinajstić information content (AvgIpc) is 2.14. The summed E-state index contributed by atoms with van der Waals surface area (Å²) in [5.74, 6) is -0.696. The number of primary amides is 1. The molecular formula is C9H15F3N2O. The van der Waals surface area contributed by atoms with E-state index >= 15 is 0 Å². The van der Waals surface area contributed by atoms with Crippen molar-refractivity contribution in [2.45, 2.75) is 25.4 Å². The van der Waals surface area contributed by atoms with E-state index in [1.807, 2.05) is 0 Å². The van der Waals surface area contributed by atoms with Gasteiger partial charge in [0.2, 0.25) is 5.91 Å². The van der Waals surface area contributed by atoms with Crippen LogP contribution in [0.1, 0.15) is 19.3 Å². The zero-order valence-corrected chi connectivity index (χ0v) is 8.39. The Hall–Kier alpha value is -0.780. The van der Waals surface area contributed by atoms with Crippen molar-refractivity contribution >= 4 is 5.91 Å². The zero-order chi connectivity index (χ0) is 11.5. The lowest BCUT2D eigenvalue weighted by Gasteiger charge is -2.31. The first-order valence-corrected chi connectivity index (χ1v) is 4.97. The summed E-state index contributed by atoms with van der Waals surface area (Å²) in [6, 6.07) is 0. The summed E-state index contributed by atoms with van der Waals surface area (Å²) in [5, 5.41) is 0. The molecule has 0 bridgehead atoms. The molecule has 6 heteroatoms. The number of carbonyl (C=O) groups excluding carboxylic acids is 1. The molecule has 1 atom stereocenters. The third-order valence-corrected chi connectivity index (χ3v) is 2.62. The molecule has 0 aromatic rings. The molecule has 3 nitrogen and oxygen atoms in total. The third-order valence-electron chi connectivity index (χ3n) is 2.62. The first-order chi connectivity index (χ1) is 6.88. The number of likely N-dealkylation sites (tertiary alicyclic amines) is 1. The second-order valence-corrected chi connectivity index (χ2v) is 3.91. The van der Waals surface area contributed by atoms with E-state index in [0.717, 1.165) is 6.42 Å². The molecule has 1 amide bonds. The molecule has 0 aromatic heterocycles. The number of hydrogen-bond donors (Lipinski definition) is 1. The molecule has 0 unspecified atom stereocenters. The van der Waals surface area contributed by atoms with E-state index in [4.69, 9.17) is 5.73 Å². The fraction of sp³-hybridized carbons (Fsp3) is 0.889. The maximum Gasteiger partial charge on any atom is 0.390 e. The number of piperidine rings is 1. The first kappa shape index (κ1) is 12.3. The van der Waals surface area contributed by atoms with Gasteiger partial charge in [-0.05, 0) is 19.4 Å². The molecule has 0 spiro atoms. The van der Waals surface area contributed by atoms with Crippen LogP contribution in [0.3, 0.4) is 0 Å². The highest BCUT2D eigenvalue weighted by Gasteiger charge is 2.30. The predicted molar refractivity (Wildman–Crippen MR) is 49.0 cm³/mol. The van der Waals surface area contributed by atoms with Crippen molar-refractivity contribution in [3.05, 3.63) is 0 Å². The summed E-state index contributed by atoms with van der Waals surface area (Å²) < 4.78 is 35.8. The molecule has 1 fully saturated rings. The van der Waals surface area contributed by atoms with Crippen LogP contribution in [-0.2, 0) is 4.79 Å². The van der Waals surface area contributed by atoms with Gasteiger partial charge in [0.15, 0.2) is 0 Å². The molecule has 15 heavy (non-hydrogen) atoms. The van der Waals surface area contributed by atoms with Crippen molar-refractivity contribution in [2.24, 2.45) is 11.7 Å². The number of nitrogens with zero attached hydrogens (tertiary/aromatic N) is 1. The Kier molecular flexibility index (Phi) is 3.96. The van der Waals surface area contributed by atoms with Crippen molar-refractivity contribution in [3.8, 4) is 0 Å². The summed E-state index contributed by atoms with van der Waals surface area (Å²) in [6.07, 6.45) is -3.51. The van der Waals surface area contributed by atoms with Crippen molar-refractivity contribution in [1.82, 2.24) is 4.90 Å². The quantitative estimate of drug-likeness (QED) is 0.781. The van der Waals surface area contributed by atoms with Gasteiger partial charge in [-0.15, -0.1) is 0 Å². The molecule has 1 rings (SSSR count). The summed E-state index contributed by atoms with van der Waals surface area (Å²) in [4.78, 5) is 12.5. The smallest absolute Gasteiger partial charge is 0.369 e. The van der Waals surface area contributed by atoms with Gasteiger partial charge in [0, 0.05) is 13.1 Å². The summed E-state index contributed by atoms with van der Waals surface area (Å²) >= 11 is 0. The number of nitrogens with two attached hydrogens (primary N) is 1. The Bertz CT molecular complexity index is 230. The van der Waals surface area contributed by atoms with Gasteiger partial charge in [-0.25, -0.2) is 0 Å². The van der Waals surface area contributed by atoms with Gasteiger partial charge < -0.3 is 10.6 Å². The van der Waals surface area contributed by atoms with E-state index in [1.54, 1.807) is 4.90 Å². The normalized spacial score (nSPS) is 24.1. The summed E-state index contributed by atoms with van der Waals surface area (Å²) in [6.45, 7) is 0.957. The average molecular weight is 224 g/mol. The Morgan fingerprint density at radius 2 is 2.13 bits per heavy atom. The zero-order valence-electron chi connectivity index (χ0n) is 8.39. The first-order valence-electron chi connectivity index (χ1n) is 4.97. The Labute approximate surface area is 86.4 Å². The van der Waals surface area contributed by atoms with Gasteiger partial charge in [-0.2, -0.15) is 13.2 Å². The molecule has 1 aliphatic heterocycles. The number of carbonyl (C=O) groups is 1. The molecule has 1 saturated heterocycles. The van der Waals surface area contributed by atoms with Crippen LogP contribution in [0.4, 0.5) is 13.2 Å². The second kappa shape index (κ2) is 4.83. The number of hydrogen-bond acceptors (Lipinski definition) is 2. The molecule has 1 heterocycles. The van der Waals surface area contributed by atoms with E-state index in [2.05, 4.69) is 0 Å². The number of rotatable bonds is 3. The molecule has 0 saturated carbocycles. The highest BCUT2D eigenvalue weighted by molar-refractivity contribution is 5.76. The minimum absolute atomic E-state index is 0.0344. The van der Waals surface area contributed by atoms with E-state index in [-0.39, 0.29) is 12.5 Å². The topological polar surface area (TPSA) is 46.3 Å². The van der Waals surface area contributed by atoms with Crippen LogP contribution < -0.4 is 5.73 Å². The fourth-order valence-electron chi connectivity index (χ4n) is 1.78.